The van der Waals surface area contributed by atoms with Crippen LogP contribution in [-0.4, -0.2) is 30.6 Å². The van der Waals surface area contributed by atoms with Gasteiger partial charge in [0.2, 0.25) is 0 Å². The van der Waals surface area contributed by atoms with Crippen molar-refractivity contribution < 1.29 is 9.53 Å². The van der Waals surface area contributed by atoms with Gasteiger partial charge < -0.3 is 15.0 Å². The zero-order valence-electron chi connectivity index (χ0n) is 11.8. The molecule has 0 bridgehead atoms. The van der Waals surface area contributed by atoms with Crippen LogP contribution in [0, 0.1) is 0 Å². The summed E-state index contributed by atoms with van der Waals surface area (Å²) in [6, 6.07) is 5.68. The number of nitrogens with one attached hydrogen (secondary N) is 1. The molecule has 108 valence electrons. The lowest BCUT2D eigenvalue weighted by atomic mass is 9.97. The summed E-state index contributed by atoms with van der Waals surface area (Å²) in [7, 11) is 0. The van der Waals surface area contributed by atoms with E-state index in [0.717, 1.165) is 37.4 Å². The molecule has 2 aliphatic rings. The van der Waals surface area contributed by atoms with Gasteiger partial charge in [-0.2, -0.15) is 0 Å². The van der Waals surface area contributed by atoms with Crippen molar-refractivity contribution in [1.82, 2.24) is 5.32 Å². The molecule has 1 fully saturated rings. The van der Waals surface area contributed by atoms with E-state index in [1.54, 1.807) is 6.07 Å². The number of nitrogens with zero attached hydrogens (tertiary/aromatic N) is 1. The monoisotopic (exact) mass is 294 g/mol. The van der Waals surface area contributed by atoms with Gasteiger partial charge in [-0.3, -0.25) is 4.79 Å². The Labute approximate surface area is 124 Å². The second-order valence-electron chi connectivity index (χ2n) is 5.88. The Bertz CT molecular complexity index is 539. The highest BCUT2D eigenvalue weighted by Gasteiger charge is 2.43. The largest absolute Gasteiger partial charge is 0.476 e. The van der Waals surface area contributed by atoms with E-state index in [2.05, 4.69) is 5.32 Å². The first-order valence-electron chi connectivity index (χ1n) is 7.02. The van der Waals surface area contributed by atoms with Crippen molar-refractivity contribution in [2.45, 2.75) is 38.3 Å². The normalized spacial score (nSPS) is 22.4. The molecule has 1 saturated heterocycles. The first kappa shape index (κ1) is 13.7. The van der Waals surface area contributed by atoms with Gasteiger partial charge in [0, 0.05) is 11.1 Å². The third-order valence-electron chi connectivity index (χ3n) is 3.95. The lowest BCUT2D eigenvalue weighted by molar-refractivity contribution is -0.133. The Hall–Kier alpha value is -1.26. The maximum Gasteiger partial charge on any atom is 0.270 e. The maximum absolute atomic E-state index is 12.8. The summed E-state index contributed by atoms with van der Waals surface area (Å²) in [6.45, 7) is 5.51. The van der Waals surface area contributed by atoms with Crippen LogP contribution >= 0.6 is 11.6 Å². The van der Waals surface area contributed by atoms with E-state index < -0.39 is 5.60 Å². The molecule has 1 amide bonds. The van der Waals surface area contributed by atoms with Crippen molar-refractivity contribution >= 4 is 23.2 Å². The number of hydrogen-bond acceptors (Lipinski definition) is 3. The van der Waals surface area contributed by atoms with Gasteiger partial charge in [0.15, 0.2) is 5.60 Å². The molecule has 0 unspecified atom stereocenters. The number of ether oxygens (including phenoxy) is 1. The van der Waals surface area contributed by atoms with Crippen LogP contribution in [0.5, 0.6) is 5.75 Å². The molecule has 4 nitrogen and oxygen atoms in total. The number of carbonyl (C=O) groups is 1. The van der Waals surface area contributed by atoms with Crippen LogP contribution in [0.4, 0.5) is 5.69 Å². The summed E-state index contributed by atoms with van der Waals surface area (Å²) in [5.41, 5.74) is -0.0279. The predicted molar refractivity (Wildman–Crippen MR) is 79.5 cm³/mol. The Morgan fingerprint density at radius 2 is 2.05 bits per heavy atom. The van der Waals surface area contributed by atoms with Crippen molar-refractivity contribution in [2.24, 2.45) is 0 Å². The molecule has 0 aromatic heterocycles. The van der Waals surface area contributed by atoms with Gasteiger partial charge in [0.1, 0.15) is 5.75 Å². The van der Waals surface area contributed by atoms with E-state index in [1.807, 2.05) is 30.9 Å². The fraction of sp³-hybridized carbons (Fsp3) is 0.533. The van der Waals surface area contributed by atoms with Crippen LogP contribution in [-0.2, 0) is 4.79 Å². The molecule has 0 spiro atoms. The average Bonchev–Trinajstić information content (AvgIpc) is 2.42. The molecule has 5 heteroatoms. The number of anilines is 1. The molecule has 0 saturated carbocycles. The van der Waals surface area contributed by atoms with Crippen molar-refractivity contribution in [3.63, 3.8) is 0 Å². The Morgan fingerprint density at radius 1 is 1.35 bits per heavy atom. The highest BCUT2D eigenvalue weighted by molar-refractivity contribution is 6.31. The first-order valence-corrected chi connectivity index (χ1v) is 7.40. The molecule has 3 rings (SSSR count). The highest BCUT2D eigenvalue weighted by Crippen LogP contribution is 2.41. The zero-order chi connectivity index (χ0) is 14.3. The predicted octanol–water partition coefficient (Wildman–Crippen LogP) is 2.60. The van der Waals surface area contributed by atoms with Crippen LogP contribution in [0.25, 0.3) is 0 Å². The topological polar surface area (TPSA) is 41.6 Å². The van der Waals surface area contributed by atoms with Crippen molar-refractivity contribution in [2.75, 3.05) is 18.0 Å². The molecule has 0 atom stereocenters. The van der Waals surface area contributed by atoms with Gasteiger partial charge in [0.25, 0.3) is 5.91 Å². The fourth-order valence-corrected chi connectivity index (χ4v) is 3.08. The number of rotatable bonds is 1. The third-order valence-corrected chi connectivity index (χ3v) is 4.19. The number of amides is 1. The second-order valence-corrected chi connectivity index (χ2v) is 6.32. The molecule has 1 aromatic carbocycles. The second kappa shape index (κ2) is 4.93. The standard InChI is InChI=1S/C15H19ClN2O2/c1-15(2)14(19)18(11-5-7-17-8-6-11)12-9-10(16)3-4-13(12)20-15/h3-4,9,11,17H,5-8H2,1-2H3. The highest BCUT2D eigenvalue weighted by atomic mass is 35.5. The summed E-state index contributed by atoms with van der Waals surface area (Å²) in [4.78, 5) is 14.7. The van der Waals surface area contributed by atoms with Crippen LogP contribution in [0.3, 0.4) is 0 Å². The van der Waals surface area contributed by atoms with Crippen molar-refractivity contribution in [1.29, 1.82) is 0 Å². The van der Waals surface area contributed by atoms with Crippen LogP contribution < -0.4 is 15.0 Å². The SMILES string of the molecule is CC1(C)Oc2ccc(Cl)cc2N(C2CCNCC2)C1=O. The molecule has 0 aliphatic carbocycles. The van der Waals surface area contributed by atoms with E-state index in [4.69, 9.17) is 16.3 Å². The number of carbonyl (C=O) groups excluding carboxylic acids is 1. The quantitative estimate of drug-likeness (QED) is 0.865. The summed E-state index contributed by atoms with van der Waals surface area (Å²) in [5, 5.41) is 3.95. The van der Waals surface area contributed by atoms with E-state index >= 15 is 0 Å². The minimum Gasteiger partial charge on any atom is -0.476 e. The van der Waals surface area contributed by atoms with E-state index in [-0.39, 0.29) is 11.9 Å². The number of halogens is 1. The lowest BCUT2D eigenvalue weighted by Gasteiger charge is -2.43. The molecule has 2 aliphatic heterocycles. The van der Waals surface area contributed by atoms with Gasteiger partial charge in [-0.25, -0.2) is 0 Å². The average molecular weight is 295 g/mol. The van der Waals surface area contributed by atoms with Crippen molar-refractivity contribution in [3.8, 4) is 5.75 Å². The number of hydrogen-bond donors (Lipinski definition) is 1. The van der Waals surface area contributed by atoms with Gasteiger partial charge in [-0.05, 0) is 58.0 Å². The van der Waals surface area contributed by atoms with Crippen LogP contribution in [0.2, 0.25) is 5.02 Å². The molecule has 1 N–H and O–H groups in total. The molecular formula is C15H19ClN2O2. The number of piperidine rings is 1. The molecule has 20 heavy (non-hydrogen) atoms. The van der Waals surface area contributed by atoms with Gasteiger partial charge in [0.05, 0.1) is 5.69 Å². The first-order chi connectivity index (χ1) is 9.49. The summed E-state index contributed by atoms with van der Waals surface area (Å²) >= 11 is 6.09. The molecular weight excluding hydrogens is 276 g/mol. The van der Waals surface area contributed by atoms with E-state index in [0.29, 0.717) is 5.02 Å². The van der Waals surface area contributed by atoms with Crippen molar-refractivity contribution in [3.05, 3.63) is 23.2 Å². The third kappa shape index (κ3) is 2.27. The van der Waals surface area contributed by atoms with E-state index in [1.165, 1.54) is 0 Å². The van der Waals surface area contributed by atoms with Gasteiger partial charge in [-0.15, -0.1) is 0 Å². The summed E-state index contributed by atoms with van der Waals surface area (Å²) in [5.74, 6) is 0.747. The zero-order valence-corrected chi connectivity index (χ0v) is 12.5. The Balaban J connectivity index is 2.05. The molecule has 1 aromatic rings. The van der Waals surface area contributed by atoms with Crippen LogP contribution in [0.1, 0.15) is 26.7 Å². The minimum atomic E-state index is -0.828. The van der Waals surface area contributed by atoms with Gasteiger partial charge in [-0.1, -0.05) is 11.6 Å². The van der Waals surface area contributed by atoms with E-state index in [9.17, 15) is 4.79 Å². The number of benzene rings is 1. The smallest absolute Gasteiger partial charge is 0.270 e. The molecule has 0 radical (unpaired) electrons. The Morgan fingerprint density at radius 3 is 2.75 bits per heavy atom. The Kier molecular flexibility index (Phi) is 3.38. The summed E-state index contributed by atoms with van der Waals surface area (Å²) < 4.78 is 5.84. The fourth-order valence-electron chi connectivity index (χ4n) is 2.91. The lowest BCUT2D eigenvalue weighted by Crippen LogP contribution is -2.57. The number of fused-ring (bicyclic) bond motifs is 1. The maximum atomic E-state index is 12.8. The van der Waals surface area contributed by atoms with Crippen LogP contribution in [0.15, 0.2) is 18.2 Å². The minimum absolute atomic E-state index is 0.0131. The molecule has 2 heterocycles. The van der Waals surface area contributed by atoms with Gasteiger partial charge >= 0.3 is 0 Å². The summed E-state index contributed by atoms with van der Waals surface area (Å²) in [6.07, 6.45) is 1.90.